The summed E-state index contributed by atoms with van der Waals surface area (Å²) in [6.45, 7) is 12.5. The fourth-order valence-electron chi connectivity index (χ4n) is 14.4. The van der Waals surface area contributed by atoms with Gasteiger partial charge in [-0.3, -0.25) is 4.79 Å². The quantitative estimate of drug-likeness (QED) is 0.145. The predicted molar refractivity (Wildman–Crippen MR) is 227 cm³/mol. The van der Waals surface area contributed by atoms with E-state index in [2.05, 4.69) is 6.92 Å². The molecule has 4 heterocycles. The van der Waals surface area contributed by atoms with Crippen LogP contribution in [0.4, 0.5) is 0 Å². The van der Waals surface area contributed by atoms with E-state index in [4.69, 9.17) is 47.4 Å². The number of carbonyl (C=O) groups is 1. The van der Waals surface area contributed by atoms with Gasteiger partial charge in [0.2, 0.25) is 0 Å². The molecule has 0 bridgehead atoms. The molecule has 374 valence electrons. The first-order chi connectivity index (χ1) is 30.6. The van der Waals surface area contributed by atoms with E-state index in [9.17, 15) is 40.5 Å². The normalized spacial score (nSPS) is 56.1. The smallest absolute Gasteiger partial charge is 0.161 e. The molecule has 8 aliphatic rings. The van der Waals surface area contributed by atoms with Gasteiger partial charge >= 0.3 is 0 Å². The molecule has 0 aromatic heterocycles. The maximum Gasteiger partial charge on any atom is 0.161 e. The minimum Gasteiger partial charge on any atom is -0.390 e. The van der Waals surface area contributed by atoms with Crippen molar-refractivity contribution in [3.63, 3.8) is 0 Å². The van der Waals surface area contributed by atoms with Crippen molar-refractivity contribution in [3.05, 3.63) is 0 Å². The van der Waals surface area contributed by atoms with Crippen LogP contribution < -0.4 is 0 Å². The predicted octanol–water partition coefficient (Wildman–Crippen LogP) is 1.60. The molecule has 8 fully saturated rings. The van der Waals surface area contributed by atoms with Crippen LogP contribution in [0.25, 0.3) is 0 Å². The Labute approximate surface area is 382 Å². The molecule has 18 nitrogen and oxygen atoms in total. The first-order valence-corrected chi connectivity index (χ1v) is 24.2. The molecular weight excluding hydrogens is 852 g/mol. The Hall–Kier alpha value is -1.01. The van der Waals surface area contributed by atoms with Crippen molar-refractivity contribution >= 4 is 5.78 Å². The highest BCUT2D eigenvalue weighted by Gasteiger charge is 2.79. The number of Topliss-reactive ketones (excluding diaryl/α,β-unsaturated/α-hetero) is 1. The molecule has 4 saturated heterocycles. The van der Waals surface area contributed by atoms with Gasteiger partial charge in [-0.2, -0.15) is 0 Å². The van der Waals surface area contributed by atoms with Crippen molar-refractivity contribution in [2.24, 2.45) is 28.6 Å². The largest absolute Gasteiger partial charge is 0.390 e. The molecule has 0 unspecified atom stereocenters. The summed E-state index contributed by atoms with van der Waals surface area (Å²) in [5, 5.41) is 80.2. The van der Waals surface area contributed by atoms with Crippen LogP contribution in [0.5, 0.6) is 0 Å². The van der Waals surface area contributed by atoms with Crippen LogP contribution in [0, 0.1) is 28.6 Å². The summed E-state index contributed by atoms with van der Waals surface area (Å²) in [6.07, 6.45) is -8.97. The minimum atomic E-state index is -2.03. The van der Waals surface area contributed by atoms with Gasteiger partial charge in [0, 0.05) is 45.3 Å². The van der Waals surface area contributed by atoms with E-state index in [-0.39, 0.29) is 48.4 Å². The van der Waals surface area contributed by atoms with Crippen LogP contribution in [-0.2, 0) is 52.2 Å². The summed E-state index contributed by atoms with van der Waals surface area (Å²) in [4.78, 5) is 12.8. The van der Waals surface area contributed by atoms with E-state index in [1.54, 1.807) is 34.8 Å². The molecular formula is C47H78O18. The number of hydrogen-bond donors (Lipinski definition) is 7. The Morgan fingerprint density at radius 3 is 1.65 bits per heavy atom. The van der Waals surface area contributed by atoms with Gasteiger partial charge in [0.05, 0.1) is 72.6 Å². The summed E-state index contributed by atoms with van der Waals surface area (Å²) < 4.78 is 61.5. The number of rotatable bonds is 11. The minimum absolute atomic E-state index is 0.0913. The van der Waals surface area contributed by atoms with Gasteiger partial charge in [-0.05, 0) is 96.8 Å². The zero-order chi connectivity index (χ0) is 47.1. The number of ether oxygens (including phenoxy) is 10. The Balaban J connectivity index is 0.818. The monoisotopic (exact) mass is 931 g/mol. The summed E-state index contributed by atoms with van der Waals surface area (Å²) in [7, 11) is 3.14. The number of carbonyl (C=O) groups excluding carboxylic acids is 1. The van der Waals surface area contributed by atoms with Crippen molar-refractivity contribution in [2.45, 2.75) is 247 Å². The topological polar surface area (TPSA) is 251 Å². The molecule has 0 radical (unpaired) electrons. The standard InChI is InChI=1S/C47H78O18/c1-21(48)37-39(52)43(53)47(55)45(37,7)14-12-32-44(6)13-11-27(16-26(44)10-15-46(32,47)54)62-35-20-31(57-9)42(25(5)61-35)65-34-18-29(50)40(23(3)60-34)63-33-17-28(49)41(24(4)59-33)64-36-19-30(56-8)38(51)22(2)58-36/h22-43,49-55H,10-20H2,1-9H3/t22-,23-,24-,25-,26+,27+,28-,29-,30+,31+,32-,33+,34+,35+,36+,37-,38-,39+,40-,41-,42-,43-,44+,45-,46+,47-/m1/s1. The van der Waals surface area contributed by atoms with Crippen LogP contribution >= 0.6 is 0 Å². The van der Waals surface area contributed by atoms with Gasteiger partial charge in [-0.1, -0.05) is 13.8 Å². The number of ketones is 1. The average Bonchev–Trinajstić information content (AvgIpc) is 3.40. The van der Waals surface area contributed by atoms with Gasteiger partial charge in [-0.25, -0.2) is 0 Å². The highest BCUT2D eigenvalue weighted by molar-refractivity contribution is 5.81. The second-order valence-corrected chi connectivity index (χ2v) is 21.5. The molecule has 8 rings (SSSR count). The van der Waals surface area contributed by atoms with Crippen LogP contribution in [0.1, 0.15) is 119 Å². The third-order valence-electron chi connectivity index (χ3n) is 17.9. The van der Waals surface area contributed by atoms with Gasteiger partial charge in [-0.15, -0.1) is 0 Å². The molecule has 7 N–H and O–H groups in total. The Morgan fingerprint density at radius 2 is 1.09 bits per heavy atom. The Morgan fingerprint density at radius 1 is 0.585 bits per heavy atom. The number of fused-ring (bicyclic) bond motifs is 5. The average molecular weight is 931 g/mol. The van der Waals surface area contributed by atoms with E-state index in [1.165, 1.54) is 14.0 Å². The fraction of sp³-hybridized carbons (Fsp3) is 0.979. The molecule has 0 aromatic rings. The summed E-state index contributed by atoms with van der Waals surface area (Å²) in [5.41, 5.74) is -5.23. The fourth-order valence-corrected chi connectivity index (χ4v) is 14.4. The molecule has 0 spiro atoms. The van der Waals surface area contributed by atoms with Crippen LogP contribution in [0.2, 0.25) is 0 Å². The van der Waals surface area contributed by atoms with E-state index < -0.39 is 133 Å². The molecule has 4 aliphatic carbocycles. The van der Waals surface area contributed by atoms with Crippen LogP contribution in [0.15, 0.2) is 0 Å². The molecule has 65 heavy (non-hydrogen) atoms. The lowest BCUT2D eigenvalue weighted by molar-refractivity contribution is -0.346. The third kappa shape index (κ3) is 8.61. The van der Waals surface area contributed by atoms with Crippen molar-refractivity contribution in [1.82, 2.24) is 0 Å². The molecule has 0 aromatic carbocycles. The zero-order valence-corrected chi connectivity index (χ0v) is 39.6. The highest BCUT2D eigenvalue weighted by atomic mass is 16.8. The van der Waals surface area contributed by atoms with E-state index >= 15 is 0 Å². The maximum absolute atomic E-state index is 12.8. The van der Waals surface area contributed by atoms with Gasteiger partial charge in [0.1, 0.15) is 41.9 Å². The Kier molecular flexibility index (Phi) is 14.7. The lowest BCUT2D eigenvalue weighted by Gasteiger charge is -2.67. The maximum atomic E-state index is 12.8. The van der Waals surface area contributed by atoms with E-state index in [0.717, 1.165) is 12.8 Å². The van der Waals surface area contributed by atoms with Gasteiger partial charge in [0.15, 0.2) is 25.2 Å². The van der Waals surface area contributed by atoms with Crippen LogP contribution in [-0.4, -0.2) is 184 Å². The molecule has 0 amide bonds. The number of aliphatic hydroxyl groups excluding tert-OH is 5. The van der Waals surface area contributed by atoms with E-state index in [1.807, 2.05) is 6.92 Å². The van der Waals surface area contributed by atoms with Crippen molar-refractivity contribution in [2.75, 3.05) is 14.2 Å². The summed E-state index contributed by atoms with van der Waals surface area (Å²) in [5.74, 6) is -1.43. The molecule has 26 atom stereocenters. The second-order valence-electron chi connectivity index (χ2n) is 21.5. The summed E-state index contributed by atoms with van der Waals surface area (Å²) >= 11 is 0. The number of hydrogen-bond acceptors (Lipinski definition) is 18. The van der Waals surface area contributed by atoms with Crippen molar-refractivity contribution < 1.29 is 87.9 Å². The first kappa shape index (κ1) is 50.4. The Bertz CT molecular complexity index is 1630. The second kappa shape index (κ2) is 19.0. The lowest BCUT2D eigenvalue weighted by Crippen LogP contribution is -2.76. The third-order valence-corrected chi connectivity index (χ3v) is 17.9. The molecule has 4 aliphatic heterocycles. The SMILES string of the molecule is CO[C@H]1C[C@H](O[C@H]2[C@H](O)C[C@H](O[C@H]3[C@H](O)C[C@H](O[C@H]4[C@@H](OC)C[C@H](O[C@H]5CC[C@@]6(C)[C@@H](CC[C@]7(O)[C@@H]6CC[C@]6(C)[C@H](C(C)=O)[C@H](O)[C@@H](O)[C@@]67O)C5)O[C@@H]4C)O[C@@H]3C)O[C@@H]2C)O[C@H](C)[C@H]1O. The first-order valence-electron chi connectivity index (χ1n) is 24.2. The zero-order valence-electron chi connectivity index (χ0n) is 39.6. The van der Waals surface area contributed by atoms with E-state index in [0.29, 0.717) is 38.5 Å². The molecule has 18 heteroatoms. The van der Waals surface area contributed by atoms with Gasteiger partial charge < -0.3 is 83.1 Å². The van der Waals surface area contributed by atoms with Gasteiger partial charge in [0.25, 0.3) is 0 Å². The van der Waals surface area contributed by atoms with Crippen molar-refractivity contribution in [3.8, 4) is 0 Å². The molecule has 4 saturated carbocycles. The highest BCUT2D eigenvalue weighted by Crippen LogP contribution is 2.70. The summed E-state index contributed by atoms with van der Waals surface area (Å²) in [6, 6.07) is 0. The lowest BCUT2D eigenvalue weighted by atomic mass is 9.41. The van der Waals surface area contributed by atoms with Crippen LogP contribution in [0.3, 0.4) is 0 Å². The number of aliphatic hydroxyl groups is 7. The number of methoxy groups -OCH3 is 2. The van der Waals surface area contributed by atoms with Crippen molar-refractivity contribution in [1.29, 1.82) is 0 Å².